The molecule has 114 valence electrons. The predicted molar refractivity (Wildman–Crippen MR) is 84.5 cm³/mol. The van der Waals surface area contributed by atoms with E-state index in [1.54, 1.807) is 13.0 Å². The molecule has 5 nitrogen and oxygen atoms in total. The number of amides is 2. The van der Waals surface area contributed by atoms with Crippen molar-refractivity contribution in [2.75, 3.05) is 11.9 Å². The first-order valence-corrected chi connectivity index (χ1v) is 7.72. The van der Waals surface area contributed by atoms with Gasteiger partial charge in [-0.3, -0.25) is 0 Å². The van der Waals surface area contributed by atoms with Crippen molar-refractivity contribution < 1.29 is 14.7 Å². The Hall–Kier alpha value is -1.56. The fraction of sp³-hybridized carbons (Fsp3) is 0.467. The van der Waals surface area contributed by atoms with Gasteiger partial charge in [0.05, 0.1) is 5.69 Å². The summed E-state index contributed by atoms with van der Waals surface area (Å²) in [7, 11) is 0. The SMILES string of the molecule is Cc1ccc(NC(=O)N2CCCCC2(C)C(=O)O)c(Br)c1. The van der Waals surface area contributed by atoms with Gasteiger partial charge >= 0.3 is 12.0 Å². The third-order valence-electron chi connectivity index (χ3n) is 3.96. The summed E-state index contributed by atoms with van der Waals surface area (Å²) in [5.41, 5.74) is 0.580. The van der Waals surface area contributed by atoms with Crippen molar-refractivity contribution in [2.45, 2.75) is 38.6 Å². The van der Waals surface area contributed by atoms with Gasteiger partial charge in [-0.25, -0.2) is 9.59 Å². The molecule has 0 aliphatic carbocycles. The summed E-state index contributed by atoms with van der Waals surface area (Å²) in [6.07, 6.45) is 2.12. The second kappa shape index (κ2) is 6.05. The fourth-order valence-corrected chi connectivity index (χ4v) is 3.17. The largest absolute Gasteiger partial charge is 0.480 e. The number of carboxylic acids is 1. The lowest BCUT2D eigenvalue weighted by atomic mass is 9.89. The fourth-order valence-electron chi connectivity index (χ4n) is 2.57. The maximum absolute atomic E-state index is 12.5. The number of likely N-dealkylation sites (tertiary alicyclic amines) is 1. The minimum Gasteiger partial charge on any atom is -0.480 e. The van der Waals surface area contributed by atoms with Crippen LogP contribution in [0.25, 0.3) is 0 Å². The Morgan fingerprint density at radius 3 is 2.71 bits per heavy atom. The Labute approximate surface area is 132 Å². The Morgan fingerprint density at radius 1 is 1.38 bits per heavy atom. The van der Waals surface area contributed by atoms with Crippen LogP contribution in [0, 0.1) is 6.92 Å². The Balaban J connectivity index is 2.20. The molecule has 1 fully saturated rings. The molecule has 0 spiro atoms. The smallest absolute Gasteiger partial charge is 0.329 e. The number of carbonyl (C=O) groups excluding carboxylic acids is 1. The molecule has 1 aromatic rings. The van der Waals surface area contributed by atoms with E-state index in [0.29, 0.717) is 18.7 Å². The lowest BCUT2D eigenvalue weighted by Crippen LogP contribution is -2.58. The van der Waals surface area contributed by atoms with E-state index >= 15 is 0 Å². The summed E-state index contributed by atoms with van der Waals surface area (Å²) in [4.78, 5) is 25.4. The van der Waals surface area contributed by atoms with Crippen LogP contribution in [0.3, 0.4) is 0 Å². The molecule has 0 aromatic heterocycles. The summed E-state index contributed by atoms with van der Waals surface area (Å²) in [6, 6.07) is 5.23. The molecule has 1 aliphatic heterocycles. The first-order chi connectivity index (χ1) is 9.84. The van der Waals surface area contributed by atoms with Gasteiger partial charge in [-0.15, -0.1) is 0 Å². The van der Waals surface area contributed by atoms with Crippen LogP contribution < -0.4 is 5.32 Å². The topological polar surface area (TPSA) is 69.6 Å². The van der Waals surface area contributed by atoms with Crippen LogP contribution in [0.4, 0.5) is 10.5 Å². The first-order valence-electron chi connectivity index (χ1n) is 6.93. The van der Waals surface area contributed by atoms with Crippen molar-refractivity contribution in [3.8, 4) is 0 Å². The van der Waals surface area contributed by atoms with Crippen LogP contribution in [0.1, 0.15) is 31.7 Å². The van der Waals surface area contributed by atoms with Gasteiger partial charge in [-0.05, 0) is 66.7 Å². The first kappa shape index (κ1) is 15.8. The number of hydrogen-bond donors (Lipinski definition) is 2. The van der Waals surface area contributed by atoms with Crippen LogP contribution >= 0.6 is 15.9 Å². The zero-order valence-electron chi connectivity index (χ0n) is 12.1. The van der Waals surface area contributed by atoms with Gasteiger partial charge in [-0.1, -0.05) is 6.07 Å². The number of carbonyl (C=O) groups is 2. The lowest BCUT2D eigenvalue weighted by molar-refractivity contribution is -0.150. The average Bonchev–Trinajstić information content (AvgIpc) is 2.42. The standard InChI is InChI=1S/C15H19BrN2O3/c1-10-5-6-12(11(16)9-10)17-14(21)18-8-4-3-7-15(18,2)13(19)20/h5-6,9H,3-4,7-8H2,1-2H3,(H,17,21)(H,19,20). The quantitative estimate of drug-likeness (QED) is 0.851. The monoisotopic (exact) mass is 354 g/mol. The maximum atomic E-state index is 12.5. The van der Waals surface area contributed by atoms with E-state index in [0.717, 1.165) is 22.9 Å². The molecule has 1 heterocycles. The number of carboxylic acid groups (broad SMARTS) is 1. The van der Waals surface area contributed by atoms with E-state index in [1.165, 1.54) is 4.90 Å². The predicted octanol–water partition coefficient (Wildman–Crippen LogP) is 3.62. The van der Waals surface area contributed by atoms with Gasteiger partial charge in [0.25, 0.3) is 0 Å². The van der Waals surface area contributed by atoms with Gasteiger partial charge in [-0.2, -0.15) is 0 Å². The van der Waals surface area contributed by atoms with Gasteiger partial charge in [0.15, 0.2) is 0 Å². The molecule has 0 saturated carbocycles. The summed E-state index contributed by atoms with van der Waals surface area (Å²) in [5.74, 6) is -0.958. The van der Waals surface area contributed by atoms with E-state index in [-0.39, 0.29) is 6.03 Å². The van der Waals surface area contributed by atoms with Crippen LogP contribution in [-0.2, 0) is 4.79 Å². The minimum absolute atomic E-state index is 0.371. The number of aliphatic carboxylic acids is 1. The van der Waals surface area contributed by atoms with Crippen molar-refractivity contribution in [3.63, 3.8) is 0 Å². The Kier molecular flexibility index (Phi) is 4.56. The number of piperidine rings is 1. The highest BCUT2D eigenvalue weighted by Gasteiger charge is 2.44. The molecule has 1 saturated heterocycles. The van der Waals surface area contributed by atoms with Crippen molar-refractivity contribution in [1.82, 2.24) is 4.90 Å². The summed E-state index contributed by atoms with van der Waals surface area (Å²) in [6.45, 7) is 4.03. The van der Waals surface area contributed by atoms with Gasteiger partial charge in [0, 0.05) is 11.0 Å². The molecule has 2 rings (SSSR count). The van der Waals surface area contributed by atoms with E-state index < -0.39 is 11.5 Å². The number of nitrogens with one attached hydrogen (secondary N) is 1. The average molecular weight is 355 g/mol. The second-order valence-electron chi connectivity index (χ2n) is 5.60. The van der Waals surface area contributed by atoms with E-state index in [2.05, 4.69) is 21.2 Å². The number of halogens is 1. The molecule has 21 heavy (non-hydrogen) atoms. The maximum Gasteiger partial charge on any atom is 0.329 e. The van der Waals surface area contributed by atoms with Gasteiger partial charge in [0.2, 0.25) is 0 Å². The number of urea groups is 1. The van der Waals surface area contributed by atoms with Crippen LogP contribution in [0.2, 0.25) is 0 Å². The third kappa shape index (κ3) is 3.20. The normalized spacial score (nSPS) is 22.0. The highest BCUT2D eigenvalue weighted by atomic mass is 79.9. The number of rotatable bonds is 2. The van der Waals surface area contributed by atoms with E-state index in [9.17, 15) is 14.7 Å². The van der Waals surface area contributed by atoms with Crippen molar-refractivity contribution in [3.05, 3.63) is 28.2 Å². The molecule has 1 unspecified atom stereocenters. The van der Waals surface area contributed by atoms with E-state index in [4.69, 9.17) is 0 Å². The van der Waals surface area contributed by atoms with E-state index in [1.807, 2.05) is 19.1 Å². The van der Waals surface area contributed by atoms with Gasteiger partial charge in [0.1, 0.15) is 5.54 Å². The molecule has 2 N–H and O–H groups in total. The van der Waals surface area contributed by atoms with Crippen LogP contribution in [-0.4, -0.2) is 34.1 Å². The van der Waals surface area contributed by atoms with Crippen molar-refractivity contribution in [1.29, 1.82) is 0 Å². The molecule has 0 bridgehead atoms. The number of anilines is 1. The molecule has 1 atom stereocenters. The molecule has 0 radical (unpaired) electrons. The number of aryl methyl sites for hydroxylation is 1. The van der Waals surface area contributed by atoms with Crippen molar-refractivity contribution in [2.24, 2.45) is 0 Å². The Bertz CT molecular complexity index is 576. The number of benzene rings is 1. The summed E-state index contributed by atoms with van der Waals surface area (Å²) in [5, 5.41) is 12.2. The zero-order valence-corrected chi connectivity index (χ0v) is 13.7. The highest BCUT2D eigenvalue weighted by molar-refractivity contribution is 9.10. The molecule has 1 aliphatic rings. The van der Waals surface area contributed by atoms with Crippen LogP contribution in [0.5, 0.6) is 0 Å². The highest BCUT2D eigenvalue weighted by Crippen LogP contribution is 2.30. The zero-order chi connectivity index (χ0) is 15.6. The molecular formula is C15H19BrN2O3. The second-order valence-corrected chi connectivity index (χ2v) is 6.46. The van der Waals surface area contributed by atoms with Crippen LogP contribution in [0.15, 0.2) is 22.7 Å². The van der Waals surface area contributed by atoms with Gasteiger partial charge < -0.3 is 15.3 Å². The summed E-state index contributed by atoms with van der Waals surface area (Å²) >= 11 is 3.41. The third-order valence-corrected chi connectivity index (χ3v) is 4.62. The molecular weight excluding hydrogens is 336 g/mol. The Morgan fingerprint density at radius 2 is 2.10 bits per heavy atom. The summed E-state index contributed by atoms with van der Waals surface area (Å²) < 4.78 is 0.782. The number of nitrogens with zero attached hydrogens (tertiary/aromatic N) is 1. The lowest BCUT2D eigenvalue weighted by Gasteiger charge is -2.41. The molecule has 2 amide bonds. The molecule has 6 heteroatoms. The minimum atomic E-state index is -1.14. The van der Waals surface area contributed by atoms with Crippen molar-refractivity contribution >= 4 is 33.6 Å². The molecule has 1 aromatic carbocycles. The number of hydrogen-bond acceptors (Lipinski definition) is 2.